The molecule has 3 atom stereocenters. The van der Waals surface area contributed by atoms with E-state index in [0.29, 0.717) is 74.5 Å². The van der Waals surface area contributed by atoms with Gasteiger partial charge in [0.25, 0.3) is 0 Å². The van der Waals surface area contributed by atoms with Gasteiger partial charge in [0, 0.05) is 79.6 Å². The normalized spacial score (nSPS) is 31.6. The summed E-state index contributed by atoms with van der Waals surface area (Å²) in [7, 11) is 1.34. The fourth-order valence-electron chi connectivity index (χ4n) is 14.5. The van der Waals surface area contributed by atoms with E-state index in [1.807, 2.05) is 10.7 Å². The SMILES string of the molecule is CC(=O)C12CC(C(=O)N3N=CCC3c3cc(F)cc(F)c3)(C1)C2.COC(=O)C12CC(C(=O)N3N=CCC3c3cc(F)cc(F)c3)(C1)C2.Cc1ccc2nn(CC34CC(C(=O)N5N=CCC5c5cc(F)cc(F)c5)(C3)C4)cc2c1. The number of carbonyl (C=O) groups is 5. The minimum absolute atomic E-state index is 0.0287. The molecule has 4 aromatic carbocycles. The van der Waals surface area contributed by atoms with Crippen LogP contribution in [0, 0.1) is 74.3 Å². The fourth-order valence-corrected chi connectivity index (χ4v) is 14.5. The number of esters is 1. The zero-order valence-electron chi connectivity index (χ0n) is 43.0. The molecule has 9 aliphatic carbocycles. The molecular weight excluding hydrogens is 1020 g/mol. The zero-order valence-corrected chi connectivity index (χ0v) is 43.0. The van der Waals surface area contributed by atoms with E-state index in [1.165, 1.54) is 64.1 Å². The van der Waals surface area contributed by atoms with Crippen LogP contribution in [0.1, 0.15) is 124 Å². The number of aryl methyl sites for hydroxylation is 1. The molecule has 4 heterocycles. The van der Waals surface area contributed by atoms with Gasteiger partial charge in [-0.3, -0.25) is 28.7 Å². The number of methoxy groups -OCH3 is 1. The summed E-state index contributed by atoms with van der Waals surface area (Å²) in [4.78, 5) is 62.3. The molecule has 0 spiro atoms. The molecular formula is C58H54F6N8O6. The number of halogens is 6. The van der Waals surface area contributed by atoms with Crippen LogP contribution in [0.3, 0.4) is 0 Å². The summed E-state index contributed by atoms with van der Waals surface area (Å²) in [5, 5.41) is 22.4. The van der Waals surface area contributed by atoms with Crippen LogP contribution >= 0.6 is 0 Å². The van der Waals surface area contributed by atoms with Crippen LogP contribution in [0.4, 0.5) is 26.3 Å². The number of nitrogens with zero attached hydrogens (tertiary/aromatic N) is 8. The lowest BCUT2D eigenvalue weighted by Gasteiger charge is -2.69. The number of benzene rings is 4. The molecule has 9 saturated carbocycles. The molecule has 0 saturated heterocycles. The number of carbonyl (C=O) groups excluding carboxylic acids is 5. The molecule has 3 aliphatic heterocycles. The van der Waals surface area contributed by atoms with E-state index in [9.17, 15) is 50.3 Å². The standard InChI is InChI=1S/C24H22F2N4O.C17H16F2N2O3.C17H16F2N2O2/c1-15-2-3-20-17(6-15)10-29(28-20)14-23-11-24(12-23,13-23)22(31)30-21(4-5-27-30)16-7-18(25)9-19(26)8-16;1-24-15(23)17-7-16(8-17,9-17)14(22)21-13(2-3-20-21)10-4-11(18)6-12(19)5-10;1-10(22)16-7-17(8-16,9-16)15(23)21-14(2-3-20-21)11-4-12(18)6-13(19)5-11/h2-3,5-10,21H,4,11-14H2,1H3;3-6,13H,2,7-9H2,1H3;3-6,14H,2,7-9H2,1H3. The Morgan fingerprint density at radius 3 is 1.27 bits per heavy atom. The summed E-state index contributed by atoms with van der Waals surface area (Å²) in [5.74, 6) is -4.45. The van der Waals surface area contributed by atoms with Crippen molar-refractivity contribution in [2.75, 3.05) is 7.11 Å². The fraction of sp³-hybridized carbons (Fsp3) is 0.431. The highest BCUT2D eigenvalue weighted by atomic mass is 19.2. The number of ketones is 1. The van der Waals surface area contributed by atoms with Gasteiger partial charge in [-0.1, -0.05) is 11.6 Å². The summed E-state index contributed by atoms with van der Waals surface area (Å²) in [6, 6.07) is 14.8. The van der Waals surface area contributed by atoms with Crippen molar-refractivity contribution in [2.45, 2.75) is 116 Å². The number of rotatable bonds is 10. The second-order valence-corrected chi connectivity index (χ2v) is 23.6. The molecule has 5 aromatic rings. The van der Waals surface area contributed by atoms with Gasteiger partial charge in [0.1, 0.15) is 40.7 Å². The van der Waals surface area contributed by atoms with Crippen LogP contribution in [0.5, 0.6) is 0 Å². The predicted molar refractivity (Wildman–Crippen MR) is 270 cm³/mol. The van der Waals surface area contributed by atoms with Gasteiger partial charge < -0.3 is 4.74 Å². The molecule has 14 nitrogen and oxygen atoms in total. The van der Waals surface area contributed by atoms with E-state index < -0.39 is 74.7 Å². The van der Waals surface area contributed by atoms with Gasteiger partial charge >= 0.3 is 5.97 Å². The molecule has 17 rings (SSSR count). The van der Waals surface area contributed by atoms with Gasteiger partial charge in [0.05, 0.1) is 52.4 Å². The Bertz CT molecular complexity index is 3380. The average Bonchev–Trinajstić information content (AvgIpc) is 4.16. The number of hydrazone groups is 3. The topological polar surface area (TPSA) is 159 Å². The van der Waals surface area contributed by atoms with E-state index in [-0.39, 0.29) is 40.3 Å². The number of ether oxygens (including phenoxy) is 1. The van der Waals surface area contributed by atoms with Crippen LogP contribution in [0.2, 0.25) is 0 Å². The van der Waals surface area contributed by atoms with Crippen molar-refractivity contribution in [1.29, 1.82) is 0 Å². The number of fused-ring (bicyclic) bond motifs is 1. The molecule has 1 aromatic heterocycles. The van der Waals surface area contributed by atoms with Crippen LogP contribution in [-0.4, -0.2) is 80.0 Å². The van der Waals surface area contributed by atoms with Gasteiger partial charge in [-0.2, -0.15) is 20.4 Å². The summed E-state index contributed by atoms with van der Waals surface area (Å²) < 4.78 is 88.0. The third-order valence-electron chi connectivity index (χ3n) is 18.1. The third kappa shape index (κ3) is 8.25. The molecule has 78 heavy (non-hydrogen) atoms. The first-order valence-electron chi connectivity index (χ1n) is 26.1. The second kappa shape index (κ2) is 18.0. The van der Waals surface area contributed by atoms with E-state index in [4.69, 9.17) is 4.74 Å². The number of aromatic nitrogens is 2. The largest absolute Gasteiger partial charge is 0.469 e. The first kappa shape index (κ1) is 51.3. The monoisotopic (exact) mass is 1070 g/mol. The first-order valence-corrected chi connectivity index (χ1v) is 26.1. The Labute approximate surface area is 444 Å². The predicted octanol–water partition coefficient (Wildman–Crippen LogP) is 10.3. The van der Waals surface area contributed by atoms with Gasteiger partial charge in [-0.05, 0) is 142 Å². The molecule has 404 valence electrons. The van der Waals surface area contributed by atoms with Gasteiger partial charge in [-0.25, -0.2) is 41.4 Å². The number of Topliss-reactive ketones (excluding diaryl/α,β-unsaturated/α-hetero) is 1. The third-order valence-corrected chi connectivity index (χ3v) is 18.1. The lowest BCUT2D eigenvalue weighted by molar-refractivity contribution is -0.229. The van der Waals surface area contributed by atoms with Crippen molar-refractivity contribution in [2.24, 2.45) is 47.8 Å². The quantitative estimate of drug-likeness (QED) is 0.0994. The molecule has 20 heteroatoms. The van der Waals surface area contributed by atoms with Crippen LogP contribution in [0.15, 0.2) is 94.3 Å². The van der Waals surface area contributed by atoms with Crippen molar-refractivity contribution in [3.63, 3.8) is 0 Å². The molecule has 0 radical (unpaired) electrons. The Kier molecular flexibility index (Phi) is 11.8. The van der Waals surface area contributed by atoms with Gasteiger partial charge in [-0.15, -0.1) is 0 Å². The van der Waals surface area contributed by atoms with Gasteiger partial charge in [0.2, 0.25) is 17.7 Å². The maximum absolute atomic E-state index is 13.7. The van der Waals surface area contributed by atoms with Crippen LogP contribution in [0.25, 0.3) is 10.9 Å². The molecule has 6 bridgehead atoms. The van der Waals surface area contributed by atoms with E-state index in [2.05, 4.69) is 45.7 Å². The molecule has 12 aliphatic rings. The highest BCUT2D eigenvalue weighted by molar-refractivity contribution is 5.97. The molecule has 3 unspecified atom stereocenters. The molecule has 3 amide bonds. The summed E-state index contributed by atoms with van der Waals surface area (Å²) in [6.07, 6.45) is 13.7. The van der Waals surface area contributed by atoms with Gasteiger partial charge in [0.15, 0.2) is 0 Å². The van der Waals surface area contributed by atoms with Crippen molar-refractivity contribution < 1.29 is 55.1 Å². The Hall–Kier alpha value is -7.51. The maximum atomic E-state index is 13.7. The molecule has 9 fully saturated rings. The van der Waals surface area contributed by atoms with Crippen molar-refractivity contribution in [3.8, 4) is 0 Å². The number of hydrogen-bond donors (Lipinski definition) is 0. The summed E-state index contributed by atoms with van der Waals surface area (Å²) in [5.41, 5.74) is 1.23. The van der Waals surface area contributed by atoms with E-state index >= 15 is 0 Å². The lowest BCUT2D eigenvalue weighted by Crippen LogP contribution is -2.70. The summed E-state index contributed by atoms with van der Waals surface area (Å²) in [6.45, 7) is 4.44. The lowest BCUT2D eigenvalue weighted by atomic mass is 9.33. The van der Waals surface area contributed by atoms with Crippen LogP contribution < -0.4 is 0 Å². The molecule has 0 N–H and O–H groups in total. The smallest absolute Gasteiger partial charge is 0.311 e. The number of hydrogen-bond acceptors (Lipinski definition) is 10. The average molecular weight is 1070 g/mol. The maximum Gasteiger partial charge on any atom is 0.311 e. The number of amides is 3. The van der Waals surface area contributed by atoms with E-state index in [1.54, 1.807) is 25.6 Å². The highest BCUT2D eigenvalue weighted by Gasteiger charge is 2.77. The summed E-state index contributed by atoms with van der Waals surface area (Å²) >= 11 is 0. The van der Waals surface area contributed by atoms with Crippen LogP contribution in [-0.2, 0) is 35.3 Å². The highest BCUT2D eigenvalue weighted by Crippen LogP contribution is 2.76. The van der Waals surface area contributed by atoms with Crippen molar-refractivity contribution >= 4 is 59.0 Å². The minimum Gasteiger partial charge on any atom is -0.469 e. The van der Waals surface area contributed by atoms with Crippen molar-refractivity contribution in [1.82, 2.24) is 24.8 Å². The zero-order chi connectivity index (χ0) is 54.9. The Morgan fingerprint density at radius 1 is 0.526 bits per heavy atom. The van der Waals surface area contributed by atoms with E-state index in [0.717, 1.165) is 54.9 Å². The second-order valence-electron chi connectivity index (χ2n) is 23.6. The van der Waals surface area contributed by atoms with Crippen molar-refractivity contribution in [3.05, 3.63) is 136 Å². The first-order chi connectivity index (χ1) is 37.1. The Balaban J connectivity index is 0.000000119. The minimum atomic E-state index is -0.681. The Morgan fingerprint density at radius 2 is 0.897 bits per heavy atom.